The maximum absolute atomic E-state index is 6.01. The van der Waals surface area contributed by atoms with Gasteiger partial charge in [-0.15, -0.1) is 0 Å². The van der Waals surface area contributed by atoms with Crippen LogP contribution < -0.4 is 10.5 Å². The van der Waals surface area contributed by atoms with Crippen LogP contribution in [-0.4, -0.2) is 9.55 Å². The number of aryl methyl sites for hydroxylation is 1. The highest BCUT2D eigenvalue weighted by atomic mass is 16.5. The van der Waals surface area contributed by atoms with Crippen molar-refractivity contribution in [1.29, 1.82) is 0 Å². The van der Waals surface area contributed by atoms with E-state index in [2.05, 4.69) is 21.7 Å². The summed E-state index contributed by atoms with van der Waals surface area (Å²) in [6.45, 7) is 0.496. The van der Waals surface area contributed by atoms with Crippen LogP contribution in [-0.2, 0) is 13.7 Å². The van der Waals surface area contributed by atoms with Crippen LogP contribution in [0.25, 0.3) is 10.9 Å². The van der Waals surface area contributed by atoms with E-state index in [1.54, 1.807) is 12.4 Å². The van der Waals surface area contributed by atoms with Gasteiger partial charge < -0.3 is 15.0 Å². The number of para-hydroxylation sites is 1. The average Bonchev–Trinajstić information content (AvgIpc) is 2.76. The lowest BCUT2D eigenvalue weighted by Crippen LogP contribution is -2.02. The first-order chi connectivity index (χ1) is 9.25. The number of hydrogen-bond acceptors (Lipinski definition) is 3. The number of nitrogens with two attached hydrogens (primary N) is 1. The molecule has 2 N–H and O–H groups in total. The number of pyridine rings is 1. The smallest absolute Gasteiger partial charge is 0.138 e. The Morgan fingerprint density at radius 1 is 1.26 bits per heavy atom. The minimum absolute atomic E-state index is 0.496. The standard InChI is InChI=1S/C15H15N3O/c1-18-12(10-19-13-5-3-7-17-9-13)8-11-4-2-6-14(16)15(11)18/h2-9H,10,16H2,1H3. The van der Waals surface area contributed by atoms with E-state index < -0.39 is 0 Å². The molecule has 0 saturated carbocycles. The Bertz CT molecular complexity index is 704. The zero-order valence-electron chi connectivity index (χ0n) is 10.7. The number of ether oxygens (including phenoxy) is 1. The Morgan fingerprint density at radius 3 is 2.89 bits per heavy atom. The van der Waals surface area contributed by atoms with E-state index in [0.717, 1.165) is 28.0 Å². The molecule has 0 aliphatic heterocycles. The number of rotatable bonds is 3. The van der Waals surface area contributed by atoms with E-state index in [-0.39, 0.29) is 0 Å². The second kappa shape index (κ2) is 4.65. The molecule has 3 aromatic rings. The quantitative estimate of drug-likeness (QED) is 0.730. The molecule has 1 aromatic carbocycles. The number of aromatic nitrogens is 2. The summed E-state index contributed by atoms with van der Waals surface area (Å²) in [6, 6.07) is 11.8. The van der Waals surface area contributed by atoms with Gasteiger partial charge in [-0.1, -0.05) is 12.1 Å². The molecular weight excluding hydrogens is 238 g/mol. The van der Waals surface area contributed by atoms with Gasteiger partial charge in [0, 0.05) is 18.6 Å². The molecule has 0 radical (unpaired) electrons. The third-order valence-corrected chi connectivity index (χ3v) is 3.21. The molecule has 4 heteroatoms. The minimum Gasteiger partial charge on any atom is -0.486 e. The molecule has 0 fully saturated rings. The number of fused-ring (bicyclic) bond motifs is 1. The van der Waals surface area contributed by atoms with Gasteiger partial charge in [0.05, 0.1) is 23.1 Å². The first-order valence-electron chi connectivity index (χ1n) is 6.11. The third kappa shape index (κ3) is 2.12. The second-order valence-corrected chi connectivity index (χ2v) is 4.46. The van der Waals surface area contributed by atoms with Gasteiger partial charge in [0.2, 0.25) is 0 Å². The van der Waals surface area contributed by atoms with Crippen molar-refractivity contribution in [1.82, 2.24) is 9.55 Å². The highest BCUT2D eigenvalue weighted by Crippen LogP contribution is 2.24. The zero-order chi connectivity index (χ0) is 13.2. The van der Waals surface area contributed by atoms with Crippen LogP contribution in [0.4, 0.5) is 5.69 Å². The van der Waals surface area contributed by atoms with Gasteiger partial charge >= 0.3 is 0 Å². The van der Waals surface area contributed by atoms with Gasteiger partial charge in [-0.3, -0.25) is 4.98 Å². The fraction of sp³-hybridized carbons (Fsp3) is 0.133. The number of anilines is 1. The Labute approximate surface area is 111 Å². The van der Waals surface area contributed by atoms with Crippen LogP contribution in [0.5, 0.6) is 5.75 Å². The van der Waals surface area contributed by atoms with Crippen LogP contribution in [0, 0.1) is 0 Å². The van der Waals surface area contributed by atoms with E-state index in [4.69, 9.17) is 10.5 Å². The van der Waals surface area contributed by atoms with E-state index >= 15 is 0 Å². The van der Waals surface area contributed by atoms with Crippen LogP contribution in [0.15, 0.2) is 48.8 Å². The molecule has 0 unspecified atom stereocenters. The summed E-state index contributed by atoms with van der Waals surface area (Å²) in [5.74, 6) is 0.765. The molecule has 0 aliphatic carbocycles. The molecule has 0 aliphatic rings. The number of nitrogen functional groups attached to an aromatic ring is 1. The topological polar surface area (TPSA) is 53.1 Å². The molecule has 0 saturated heterocycles. The molecule has 0 atom stereocenters. The maximum atomic E-state index is 6.01. The Balaban J connectivity index is 1.90. The summed E-state index contributed by atoms with van der Waals surface area (Å²) in [5.41, 5.74) is 8.92. The summed E-state index contributed by atoms with van der Waals surface area (Å²) >= 11 is 0. The van der Waals surface area contributed by atoms with E-state index in [0.29, 0.717) is 6.61 Å². The highest BCUT2D eigenvalue weighted by molar-refractivity contribution is 5.91. The van der Waals surface area contributed by atoms with Crippen molar-refractivity contribution in [2.75, 3.05) is 5.73 Å². The van der Waals surface area contributed by atoms with E-state index in [1.165, 1.54) is 0 Å². The Morgan fingerprint density at radius 2 is 2.16 bits per heavy atom. The first kappa shape index (κ1) is 11.6. The highest BCUT2D eigenvalue weighted by Gasteiger charge is 2.08. The van der Waals surface area contributed by atoms with Crippen molar-refractivity contribution in [2.24, 2.45) is 7.05 Å². The summed E-state index contributed by atoms with van der Waals surface area (Å²) in [7, 11) is 2.00. The van der Waals surface area contributed by atoms with Crippen LogP contribution in [0.1, 0.15) is 5.69 Å². The fourth-order valence-electron chi connectivity index (χ4n) is 2.23. The summed E-state index contributed by atoms with van der Waals surface area (Å²) in [5, 5.41) is 1.13. The number of benzene rings is 1. The van der Waals surface area contributed by atoms with Gasteiger partial charge in [-0.05, 0) is 24.3 Å². The SMILES string of the molecule is Cn1c(COc2cccnc2)cc2cccc(N)c21. The van der Waals surface area contributed by atoms with Crippen molar-refractivity contribution in [2.45, 2.75) is 6.61 Å². The van der Waals surface area contributed by atoms with Gasteiger partial charge in [0.15, 0.2) is 0 Å². The van der Waals surface area contributed by atoms with Crippen LogP contribution in [0.3, 0.4) is 0 Å². The molecule has 0 spiro atoms. The molecule has 3 rings (SSSR count). The van der Waals surface area contributed by atoms with E-state index in [1.807, 2.05) is 31.3 Å². The lowest BCUT2D eigenvalue weighted by Gasteiger charge is -2.07. The lowest BCUT2D eigenvalue weighted by atomic mass is 10.2. The lowest BCUT2D eigenvalue weighted by molar-refractivity contribution is 0.296. The first-order valence-corrected chi connectivity index (χ1v) is 6.11. The van der Waals surface area contributed by atoms with Gasteiger partial charge in [-0.25, -0.2) is 0 Å². The normalized spacial score (nSPS) is 10.8. The molecule has 2 heterocycles. The monoisotopic (exact) mass is 253 g/mol. The third-order valence-electron chi connectivity index (χ3n) is 3.21. The predicted molar refractivity (Wildman–Crippen MR) is 75.9 cm³/mol. The van der Waals surface area contributed by atoms with Crippen molar-refractivity contribution in [3.8, 4) is 5.75 Å². The summed E-state index contributed by atoms with van der Waals surface area (Å²) in [4.78, 5) is 4.02. The molecule has 0 amide bonds. The van der Waals surface area contributed by atoms with Gasteiger partial charge in [0.25, 0.3) is 0 Å². The predicted octanol–water partition coefficient (Wildman–Crippen LogP) is 2.73. The second-order valence-electron chi connectivity index (χ2n) is 4.46. The van der Waals surface area contributed by atoms with Crippen molar-refractivity contribution < 1.29 is 4.74 Å². The van der Waals surface area contributed by atoms with E-state index in [9.17, 15) is 0 Å². The van der Waals surface area contributed by atoms with Crippen LogP contribution in [0.2, 0.25) is 0 Å². The molecule has 4 nitrogen and oxygen atoms in total. The number of nitrogens with zero attached hydrogens (tertiary/aromatic N) is 2. The van der Waals surface area contributed by atoms with Crippen molar-refractivity contribution in [3.05, 3.63) is 54.5 Å². The molecule has 2 aromatic heterocycles. The van der Waals surface area contributed by atoms with Gasteiger partial charge in [-0.2, -0.15) is 0 Å². The molecule has 96 valence electrons. The largest absolute Gasteiger partial charge is 0.486 e. The average molecular weight is 253 g/mol. The van der Waals surface area contributed by atoms with Crippen molar-refractivity contribution >= 4 is 16.6 Å². The molecule has 19 heavy (non-hydrogen) atoms. The Hall–Kier alpha value is -2.49. The summed E-state index contributed by atoms with van der Waals surface area (Å²) < 4.78 is 7.79. The fourth-order valence-corrected chi connectivity index (χ4v) is 2.23. The van der Waals surface area contributed by atoms with Gasteiger partial charge in [0.1, 0.15) is 12.4 Å². The number of hydrogen-bond donors (Lipinski definition) is 1. The molecule has 0 bridgehead atoms. The van der Waals surface area contributed by atoms with Crippen molar-refractivity contribution in [3.63, 3.8) is 0 Å². The minimum atomic E-state index is 0.496. The van der Waals surface area contributed by atoms with Crippen LogP contribution >= 0.6 is 0 Å². The Kier molecular flexibility index (Phi) is 2.83. The molecular formula is C15H15N3O. The maximum Gasteiger partial charge on any atom is 0.138 e. The zero-order valence-corrected chi connectivity index (χ0v) is 10.7. The summed E-state index contributed by atoms with van der Waals surface area (Å²) in [6.07, 6.45) is 3.43.